The van der Waals surface area contributed by atoms with E-state index in [0.29, 0.717) is 5.92 Å². The zero-order valence-corrected chi connectivity index (χ0v) is 15.1. The average molecular weight is 302 g/mol. The third kappa shape index (κ3) is 3.53. The molecule has 1 aromatic carbocycles. The number of fused-ring (bicyclic) bond motifs is 1. The summed E-state index contributed by atoms with van der Waals surface area (Å²) in [5, 5.41) is 1.50. The van der Waals surface area contributed by atoms with E-state index in [1.165, 1.54) is 10.9 Å². The molecule has 1 heterocycles. The van der Waals surface area contributed by atoms with Crippen molar-refractivity contribution in [3.8, 4) is 0 Å². The summed E-state index contributed by atoms with van der Waals surface area (Å²) >= 11 is 0. The summed E-state index contributed by atoms with van der Waals surface area (Å²) in [5.74, 6) is 0.382. The number of hydrogen-bond donors (Lipinski definition) is 0. The second-order valence-corrected chi connectivity index (χ2v) is 12.2. The van der Waals surface area contributed by atoms with E-state index in [1.54, 1.807) is 0 Å². The molecule has 2 nitrogen and oxygen atoms in total. The molecule has 0 bridgehead atoms. The van der Waals surface area contributed by atoms with Gasteiger partial charge < -0.3 is 4.43 Å². The number of aromatic nitrogens is 1. The first-order chi connectivity index (χ1) is 9.72. The summed E-state index contributed by atoms with van der Waals surface area (Å²) in [6, 6.07) is 10.5. The van der Waals surface area contributed by atoms with Crippen molar-refractivity contribution in [2.75, 3.05) is 6.61 Å². The highest BCUT2D eigenvalue weighted by Crippen LogP contribution is 2.37. The summed E-state index contributed by atoms with van der Waals surface area (Å²) in [7, 11) is -1.68. The molecule has 0 aliphatic heterocycles. The highest BCUT2D eigenvalue weighted by atomic mass is 28.4. The third-order valence-electron chi connectivity index (χ3n) is 4.71. The lowest BCUT2D eigenvalue weighted by molar-refractivity contribution is 0.269. The number of nitrogens with zero attached hydrogens (tertiary/aromatic N) is 1. The number of rotatable bonds is 4. The predicted molar refractivity (Wildman–Crippen MR) is 93.3 cm³/mol. The van der Waals surface area contributed by atoms with Crippen LogP contribution in [0.3, 0.4) is 0 Å². The molecular weight excluding hydrogens is 274 g/mol. The molecule has 0 aliphatic rings. The van der Waals surface area contributed by atoms with Crippen LogP contribution in [0.5, 0.6) is 0 Å². The van der Waals surface area contributed by atoms with Crippen molar-refractivity contribution in [3.05, 3.63) is 42.1 Å². The standard InChI is InChI=1S/C18H27NOSi/c1-14(13-20-21(5,6)18(2,3)4)15-11-12-19-17-10-8-7-9-16(15)17/h7-12,14H,13H2,1-6H3. The Morgan fingerprint density at radius 2 is 1.81 bits per heavy atom. The van der Waals surface area contributed by atoms with Crippen molar-refractivity contribution in [3.63, 3.8) is 0 Å². The number of pyridine rings is 1. The molecule has 0 saturated heterocycles. The smallest absolute Gasteiger partial charge is 0.192 e. The first kappa shape index (κ1) is 16.2. The average Bonchev–Trinajstić information content (AvgIpc) is 2.43. The van der Waals surface area contributed by atoms with Gasteiger partial charge in [-0.15, -0.1) is 0 Å². The minimum Gasteiger partial charge on any atom is -0.416 e. The summed E-state index contributed by atoms with van der Waals surface area (Å²) in [6.45, 7) is 14.5. The van der Waals surface area contributed by atoms with E-state index in [0.717, 1.165) is 12.1 Å². The van der Waals surface area contributed by atoms with Crippen LogP contribution in [-0.2, 0) is 4.43 Å². The lowest BCUT2D eigenvalue weighted by atomic mass is 9.98. The molecular formula is C18H27NOSi. The summed E-state index contributed by atoms with van der Waals surface area (Å²) in [4.78, 5) is 4.44. The first-order valence-electron chi connectivity index (χ1n) is 7.70. The molecule has 2 aromatic rings. The second kappa shape index (κ2) is 5.89. The van der Waals surface area contributed by atoms with E-state index < -0.39 is 8.32 Å². The Labute approximate surface area is 129 Å². The minimum atomic E-state index is -1.68. The molecule has 1 unspecified atom stereocenters. The van der Waals surface area contributed by atoms with Crippen molar-refractivity contribution in [1.82, 2.24) is 4.98 Å². The van der Waals surface area contributed by atoms with Crippen LogP contribution in [0.1, 0.15) is 39.2 Å². The van der Waals surface area contributed by atoms with Crippen LogP contribution in [0.4, 0.5) is 0 Å². The fraction of sp³-hybridized carbons (Fsp3) is 0.500. The number of para-hydroxylation sites is 1. The first-order valence-corrected chi connectivity index (χ1v) is 10.6. The Morgan fingerprint density at radius 1 is 1.14 bits per heavy atom. The molecule has 2 rings (SSSR count). The Bertz CT molecular complexity index is 611. The van der Waals surface area contributed by atoms with Crippen LogP contribution >= 0.6 is 0 Å². The van der Waals surface area contributed by atoms with Gasteiger partial charge in [-0.05, 0) is 35.8 Å². The van der Waals surface area contributed by atoms with Gasteiger partial charge in [0.1, 0.15) is 0 Å². The Kier molecular flexibility index (Phi) is 4.54. The molecule has 0 saturated carbocycles. The van der Waals surface area contributed by atoms with Crippen LogP contribution in [0, 0.1) is 0 Å². The molecule has 1 aromatic heterocycles. The van der Waals surface area contributed by atoms with Crippen LogP contribution in [0.2, 0.25) is 18.1 Å². The molecule has 3 heteroatoms. The van der Waals surface area contributed by atoms with Gasteiger partial charge in [0.2, 0.25) is 0 Å². The Hall–Kier alpha value is -1.19. The highest BCUT2D eigenvalue weighted by molar-refractivity contribution is 6.74. The fourth-order valence-corrected chi connectivity index (χ4v) is 3.29. The van der Waals surface area contributed by atoms with E-state index in [4.69, 9.17) is 4.43 Å². The van der Waals surface area contributed by atoms with Gasteiger partial charge >= 0.3 is 0 Å². The van der Waals surface area contributed by atoms with Gasteiger partial charge in [-0.2, -0.15) is 0 Å². The maximum Gasteiger partial charge on any atom is 0.192 e. The molecule has 0 N–H and O–H groups in total. The zero-order valence-electron chi connectivity index (χ0n) is 14.1. The number of benzene rings is 1. The van der Waals surface area contributed by atoms with Crippen molar-refractivity contribution >= 4 is 19.2 Å². The van der Waals surface area contributed by atoms with E-state index in [-0.39, 0.29) is 5.04 Å². The minimum absolute atomic E-state index is 0.257. The maximum atomic E-state index is 6.38. The second-order valence-electron chi connectivity index (χ2n) is 7.39. The van der Waals surface area contributed by atoms with Gasteiger partial charge in [-0.1, -0.05) is 45.9 Å². The van der Waals surface area contributed by atoms with Gasteiger partial charge in [0.05, 0.1) is 5.52 Å². The van der Waals surface area contributed by atoms with Crippen molar-refractivity contribution in [2.45, 2.75) is 51.7 Å². The quantitative estimate of drug-likeness (QED) is 0.709. The Morgan fingerprint density at radius 3 is 2.48 bits per heavy atom. The van der Waals surface area contributed by atoms with Crippen LogP contribution in [-0.4, -0.2) is 19.9 Å². The molecule has 0 amide bonds. The molecule has 21 heavy (non-hydrogen) atoms. The zero-order chi connectivity index (χ0) is 15.7. The summed E-state index contributed by atoms with van der Waals surface area (Å²) < 4.78 is 6.38. The van der Waals surface area contributed by atoms with Gasteiger partial charge in [0, 0.05) is 24.1 Å². The van der Waals surface area contributed by atoms with Crippen molar-refractivity contribution in [2.24, 2.45) is 0 Å². The maximum absolute atomic E-state index is 6.38. The van der Waals surface area contributed by atoms with Gasteiger partial charge in [-0.25, -0.2) is 0 Å². The molecule has 0 radical (unpaired) electrons. The van der Waals surface area contributed by atoms with Crippen molar-refractivity contribution in [1.29, 1.82) is 0 Å². The van der Waals surface area contributed by atoms with Gasteiger partial charge in [0.15, 0.2) is 8.32 Å². The lowest BCUT2D eigenvalue weighted by Crippen LogP contribution is -2.41. The summed E-state index contributed by atoms with van der Waals surface area (Å²) in [5.41, 5.74) is 2.40. The number of hydrogen-bond acceptors (Lipinski definition) is 2. The normalized spacial score (nSPS) is 14.4. The van der Waals surface area contributed by atoms with Crippen LogP contribution < -0.4 is 0 Å². The SMILES string of the molecule is CC(CO[Si](C)(C)C(C)(C)C)c1ccnc2ccccc12. The monoisotopic (exact) mass is 301 g/mol. The molecule has 0 fully saturated rings. The predicted octanol–water partition coefficient (Wildman–Crippen LogP) is 5.36. The van der Waals surface area contributed by atoms with E-state index in [2.05, 4.69) is 70.0 Å². The highest BCUT2D eigenvalue weighted by Gasteiger charge is 2.37. The molecule has 114 valence electrons. The topological polar surface area (TPSA) is 22.1 Å². The third-order valence-corrected chi connectivity index (χ3v) is 9.21. The van der Waals surface area contributed by atoms with Gasteiger partial charge in [0.25, 0.3) is 0 Å². The lowest BCUT2D eigenvalue weighted by Gasteiger charge is -2.37. The fourth-order valence-electron chi connectivity index (χ4n) is 2.19. The summed E-state index contributed by atoms with van der Waals surface area (Å²) in [6.07, 6.45) is 1.90. The van der Waals surface area contributed by atoms with E-state index >= 15 is 0 Å². The van der Waals surface area contributed by atoms with E-state index in [1.807, 2.05) is 12.3 Å². The van der Waals surface area contributed by atoms with Crippen LogP contribution in [0.25, 0.3) is 10.9 Å². The van der Waals surface area contributed by atoms with Crippen LogP contribution in [0.15, 0.2) is 36.5 Å². The molecule has 0 spiro atoms. The molecule has 0 aliphatic carbocycles. The van der Waals surface area contributed by atoms with E-state index in [9.17, 15) is 0 Å². The largest absolute Gasteiger partial charge is 0.416 e. The molecule has 1 atom stereocenters. The Balaban J connectivity index is 2.18. The van der Waals surface area contributed by atoms with Crippen molar-refractivity contribution < 1.29 is 4.43 Å². The van der Waals surface area contributed by atoms with Gasteiger partial charge in [-0.3, -0.25) is 4.98 Å².